The van der Waals surface area contributed by atoms with Crippen molar-refractivity contribution in [1.82, 2.24) is 4.98 Å². The van der Waals surface area contributed by atoms with Gasteiger partial charge in [-0.05, 0) is 54.6 Å². The lowest BCUT2D eigenvalue weighted by Crippen LogP contribution is -2.07. The number of anilines is 1. The minimum Gasteiger partial charge on any atom is -0.496 e. The minimum absolute atomic E-state index is 0.0305. The number of rotatable bonds is 5. The summed E-state index contributed by atoms with van der Waals surface area (Å²) in [4.78, 5) is 16.6. The van der Waals surface area contributed by atoms with E-state index in [1.807, 2.05) is 12.1 Å². The van der Waals surface area contributed by atoms with Crippen molar-refractivity contribution >= 4 is 56.3 Å². The Labute approximate surface area is 194 Å². The van der Waals surface area contributed by atoms with Gasteiger partial charge in [0, 0.05) is 21.8 Å². The van der Waals surface area contributed by atoms with Crippen molar-refractivity contribution in [2.45, 2.75) is 0 Å². The van der Waals surface area contributed by atoms with Crippen LogP contribution in [0.3, 0.4) is 0 Å². The molecule has 0 unspecified atom stereocenters. The molecular formula is C23H14BrClF2N2O3. The number of amides is 1. The summed E-state index contributed by atoms with van der Waals surface area (Å²) in [5, 5.41) is 2.71. The highest BCUT2D eigenvalue weighted by Gasteiger charge is 2.16. The first kappa shape index (κ1) is 22.0. The van der Waals surface area contributed by atoms with E-state index in [1.54, 1.807) is 37.5 Å². The Morgan fingerprint density at radius 3 is 2.72 bits per heavy atom. The predicted molar refractivity (Wildman–Crippen MR) is 123 cm³/mol. The van der Waals surface area contributed by atoms with Gasteiger partial charge in [0.1, 0.15) is 11.3 Å². The van der Waals surface area contributed by atoms with Crippen molar-refractivity contribution < 1.29 is 22.7 Å². The van der Waals surface area contributed by atoms with Crippen LogP contribution in [-0.2, 0) is 4.79 Å². The average molecular weight is 520 g/mol. The summed E-state index contributed by atoms with van der Waals surface area (Å²) in [6.07, 6.45) is 3.01. The van der Waals surface area contributed by atoms with Gasteiger partial charge in [0.25, 0.3) is 0 Å². The number of carbonyl (C=O) groups excluding carboxylic acids is 1. The zero-order chi connectivity index (χ0) is 22.8. The quantitative estimate of drug-likeness (QED) is 0.231. The topological polar surface area (TPSA) is 64.4 Å². The number of methoxy groups -OCH3 is 1. The second-order valence-corrected chi connectivity index (χ2v) is 7.98. The zero-order valence-corrected chi connectivity index (χ0v) is 18.8. The molecule has 4 aromatic rings. The largest absolute Gasteiger partial charge is 0.496 e. The molecule has 1 amide bonds. The van der Waals surface area contributed by atoms with E-state index >= 15 is 0 Å². The van der Waals surface area contributed by atoms with Crippen molar-refractivity contribution in [3.05, 3.63) is 81.3 Å². The number of carbonyl (C=O) groups is 1. The number of hydrogen-bond acceptors (Lipinski definition) is 4. The molecule has 1 aromatic heterocycles. The van der Waals surface area contributed by atoms with Crippen LogP contribution in [-0.4, -0.2) is 18.0 Å². The van der Waals surface area contributed by atoms with Crippen molar-refractivity contribution in [1.29, 1.82) is 0 Å². The van der Waals surface area contributed by atoms with Gasteiger partial charge in [0.2, 0.25) is 11.8 Å². The molecule has 32 heavy (non-hydrogen) atoms. The highest BCUT2D eigenvalue weighted by molar-refractivity contribution is 9.10. The molecular weight excluding hydrogens is 506 g/mol. The average Bonchev–Trinajstić information content (AvgIpc) is 3.18. The lowest BCUT2D eigenvalue weighted by molar-refractivity contribution is -0.111. The highest BCUT2D eigenvalue weighted by atomic mass is 79.9. The van der Waals surface area contributed by atoms with Crippen molar-refractivity contribution in [2.75, 3.05) is 12.4 Å². The normalized spacial score (nSPS) is 11.3. The van der Waals surface area contributed by atoms with Crippen LogP contribution in [0.5, 0.6) is 5.75 Å². The molecule has 0 bridgehead atoms. The van der Waals surface area contributed by atoms with E-state index in [1.165, 1.54) is 6.08 Å². The van der Waals surface area contributed by atoms with Crippen LogP contribution in [0.2, 0.25) is 5.02 Å². The van der Waals surface area contributed by atoms with Crippen LogP contribution >= 0.6 is 27.5 Å². The van der Waals surface area contributed by atoms with E-state index < -0.39 is 11.6 Å². The van der Waals surface area contributed by atoms with Gasteiger partial charge >= 0.3 is 0 Å². The Kier molecular flexibility index (Phi) is 6.25. The molecule has 5 nitrogen and oxygen atoms in total. The maximum Gasteiger partial charge on any atom is 0.248 e. The van der Waals surface area contributed by atoms with E-state index in [0.717, 1.165) is 22.2 Å². The van der Waals surface area contributed by atoms with Crippen LogP contribution in [0.25, 0.3) is 28.6 Å². The number of halogens is 4. The predicted octanol–water partition coefficient (Wildman–Crippen LogP) is 6.85. The van der Waals surface area contributed by atoms with Crippen LogP contribution in [0.4, 0.5) is 14.5 Å². The summed E-state index contributed by atoms with van der Waals surface area (Å²) in [5.41, 5.74) is 2.14. The molecule has 3 aromatic carbocycles. The standard InChI is InChI=1S/C23H14BrClF2N2O3/c1-31-20-5-3-13(24)8-12(20)2-7-22(30)28-14-4-6-21-19(9-14)29-23(32-21)15-10-17(26)18(27)11-16(15)25/h2-11H,1H3,(H,28,30)/b7-2+. The van der Waals surface area contributed by atoms with E-state index in [9.17, 15) is 13.6 Å². The summed E-state index contributed by atoms with van der Waals surface area (Å²) in [5.74, 6) is -1.82. The second kappa shape index (κ2) is 9.10. The summed E-state index contributed by atoms with van der Waals surface area (Å²) >= 11 is 9.38. The molecule has 0 spiro atoms. The molecule has 0 aliphatic heterocycles. The summed E-state index contributed by atoms with van der Waals surface area (Å²) in [6, 6.07) is 12.1. The number of ether oxygens (including phenoxy) is 1. The molecule has 0 aliphatic rings. The number of hydrogen-bond donors (Lipinski definition) is 1. The second-order valence-electron chi connectivity index (χ2n) is 6.66. The van der Waals surface area contributed by atoms with E-state index in [2.05, 4.69) is 26.2 Å². The fourth-order valence-corrected chi connectivity index (χ4v) is 3.60. The monoisotopic (exact) mass is 518 g/mol. The first-order valence-electron chi connectivity index (χ1n) is 9.22. The molecule has 4 rings (SSSR count). The summed E-state index contributed by atoms with van der Waals surface area (Å²) in [7, 11) is 1.55. The van der Waals surface area contributed by atoms with Gasteiger partial charge in [-0.15, -0.1) is 0 Å². The van der Waals surface area contributed by atoms with Gasteiger partial charge in [0.05, 0.1) is 17.7 Å². The van der Waals surface area contributed by atoms with Crippen molar-refractivity contribution in [3.8, 4) is 17.2 Å². The Morgan fingerprint density at radius 2 is 1.94 bits per heavy atom. The Morgan fingerprint density at radius 1 is 1.16 bits per heavy atom. The Bertz CT molecular complexity index is 1370. The molecule has 0 aliphatic carbocycles. The third-order valence-electron chi connectivity index (χ3n) is 4.50. The third kappa shape index (κ3) is 4.66. The highest BCUT2D eigenvalue weighted by Crippen LogP contribution is 2.32. The maximum absolute atomic E-state index is 13.6. The number of nitrogens with zero attached hydrogens (tertiary/aromatic N) is 1. The molecule has 162 valence electrons. The summed E-state index contributed by atoms with van der Waals surface area (Å²) < 4.78 is 38.7. The van der Waals surface area contributed by atoms with Crippen molar-refractivity contribution in [3.63, 3.8) is 0 Å². The van der Waals surface area contributed by atoms with Crippen LogP contribution in [0.1, 0.15) is 5.56 Å². The molecule has 9 heteroatoms. The van der Waals surface area contributed by atoms with Crippen LogP contribution in [0, 0.1) is 11.6 Å². The minimum atomic E-state index is -1.06. The van der Waals surface area contributed by atoms with Gasteiger partial charge in [-0.2, -0.15) is 0 Å². The van der Waals surface area contributed by atoms with Crippen LogP contribution < -0.4 is 10.1 Å². The van der Waals surface area contributed by atoms with E-state index in [4.69, 9.17) is 20.8 Å². The van der Waals surface area contributed by atoms with Crippen molar-refractivity contribution in [2.24, 2.45) is 0 Å². The molecule has 0 saturated carbocycles. The zero-order valence-electron chi connectivity index (χ0n) is 16.5. The number of aromatic nitrogens is 1. The Balaban J connectivity index is 1.55. The van der Waals surface area contributed by atoms with Gasteiger partial charge in [0.15, 0.2) is 17.2 Å². The molecule has 0 fully saturated rings. The molecule has 0 radical (unpaired) electrons. The van der Waals surface area contributed by atoms with Gasteiger partial charge in [-0.25, -0.2) is 13.8 Å². The first-order chi connectivity index (χ1) is 15.3. The number of nitrogens with one attached hydrogen (secondary N) is 1. The molecule has 1 heterocycles. The molecule has 0 atom stereocenters. The van der Waals surface area contributed by atoms with Gasteiger partial charge in [-0.1, -0.05) is 27.5 Å². The smallest absolute Gasteiger partial charge is 0.248 e. The van der Waals surface area contributed by atoms with Gasteiger partial charge < -0.3 is 14.5 Å². The molecule has 1 N–H and O–H groups in total. The third-order valence-corrected chi connectivity index (χ3v) is 5.31. The van der Waals surface area contributed by atoms with E-state index in [-0.39, 0.29) is 22.4 Å². The number of oxazole rings is 1. The first-order valence-corrected chi connectivity index (χ1v) is 10.4. The number of fused-ring (bicyclic) bond motifs is 1. The maximum atomic E-state index is 13.6. The fourth-order valence-electron chi connectivity index (χ4n) is 2.99. The lowest BCUT2D eigenvalue weighted by atomic mass is 10.2. The van der Waals surface area contributed by atoms with Crippen LogP contribution in [0.15, 0.2) is 63.5 Å². The lowest BCUT2D eigenvalue weighted by Gasteiger charge is -2.05. The Hall–Kier alpha value is -3.23. The fraction of sp³-hybridized carbons (Fsp3) is 0.0435. The number of benzene rings is 3. The summed E-state index contributed by atoms with van der Waals surface area (Å²) in [6.45, 7) is 0. The van der Waals surface area contributed by atoms with E-state index in [0.29, 0.717) is 22.5 Å². The van der Waals surface area contributed by atoms with Gasteiger partial charge in [-0.3, -0.25) is 4.79 Å². The molecule has 0 saturated heterocycles. The SMILES string of the molecule is COc1ccc(Br)cc1/C=C/C(=O)Nc1ccc2oc(-c3cc(F)c(F)cc3Cl)nc2c1.